The highest BCUT2D eigenvalue weighted by atomic mass is 35.5. The first-order valence-electron chi connectivity index (χ1n) is 8.04. The molecule has 1 saturated heterocycles. The van der Waals surface area contributed by atoms with Crippen LogP contribution >= 0.6 is 12.4 Å². The van der Waals surface area contributed by atoms with Crippen LogP contribution in [-0.4, -0.2) is 44.7 Å². The maximum absolute atomic E-state index is 12.2. The van der Waals surface area contributed by atoms with Gasteiger partial charge in [-0.25, -0.2) is 0 Å². The van der Waals surface area contributed by atoms with Crippen molar-refractivity contribution in [2.24, 2.45) is 5.92 Å². The summed E-state index contributed by atoms with van der Waals surface area (Å²) in [5.74, 6) is -0.242. The van der Waals surface area contributed by atoms with Gasteiger partial charge in [0.25, 0.3) is 5.91 Å². The van der Waals surface area contributed by atoms with E-state index in [-0.39, 0.29) is 36.2 Å². The van der Waals surface area contributed by atoms with Gasteiger partial charge in [-0.3, -0.25) is 9.59 Å². The molecule has 2 rings (SSSR count). The molecule has 24 heavy (non-hydrogen) atoms. The van der Waals surface area contributed by atoms with Crippen molar-refractivity contribution in [3.05, 3.63) is 29.8 Å². The van der Waals surface area contributed by atoms with E-state index < -0.39 is 0 Å². The van der Waals surface area contributed by atoms with Crippen molar-refractivity contribution < 1.29 is 14.3 Å². The van der Waals surface area contributed by atoms with Crippen molar-refractivity contribution in [2.75, 3.05) is 32.1 Å². The van der Waals surface area contributed by atoms with E-state index in [2.05, 4.69) is 16.0 Å². The minimum absolute atomic E-state index is 0. The lowest BCUT2D eigenvalue weighted by atomic mass is 10.1. The summed E-state index contributed by atoms with van der Waals surface area (Å²) in [6.07, 6.45) is 1.70. The zero-order valence-corrected chi connectivity index (χ0v) is 14.9. The molecular weight excluding hydrogens is 330 g/mol. The first-order valence-corrected chi connectivity index (χ1v) is 8.04. The molecule has 3 N–H and O–H groups in total. The van der Waals surface area contributed by atoms with E-state index in [1.807, 2.05) is 14.0 Å². The van der Waals surface area contributed by atoms with E-state index in [4.69, 9.17) is 4.74 Å². The van der Waals surface area contributed by atoms with Crippen LogP contribution in [0.4, 0.5) is 5.69 Å². The molecule has 0 bridgehead atoms. The Hall–Kier alpha value is -1.63. The molecule has 134 valence electrons. The van der Waals surface area contributed by atoms with E-state index in [0.717, 1.165) is 12.8 Å². The van der Waals surface area contributed by atoms with Gasteiger partial charge in [-0.15, -0.1) is 12.4 Å². The van der Waals surface area contributed by atoms with Gasteiger partial charge in [0.2, 0.25) is 5.91 Å². The second-order valence-electron chi connectivity index (χ2n) is 5.89. The highest BCUT2D eigenvalue weighted by Crippen LogP contribution is 2.12. The number of rotatable bonds is 6. The number of carbonyl (C=O) groups excluding carboxylic acids is 2. The van der Waals surface area contributed by atoms with Gasteiger partial charge in [0, 0.05) is 43.0 Å². The molecule has 2 amide bonds. The van der Waals surface area contributed by atoms with Crippen LogP contribution in [0.5, 0.6) is 0 Å². The molecule has 1 aliphatic heterocycles. The number of ether oxygens (including phenoxy) is 1. The van der Waals surface area contributed by atoms with Crippen LogP contribution in [0.25, 0.3) is 0 Å². The summed E-state index contributed by atoms with van der Waals surface area (Å²) in [5, 5.41) is 8.84. The third-order valence-electron chi connectivity index (χ3n) is 3.93. The SMILES string of the molecule is CNCC(C)C(=O)Nc1ccc(C(=O)NC2CCOCC2)cc1.Cl. The molecule has 7 heteroatoms. The van der Waals surface area contributed by atoms with Crippen LogP contribution in [0, 0.1) is 5.92 Å². The molecule has 1 atom stereocenters. The van der Waals surface area contributed by atoms with Crippen LogP contribution in [0.15, 0.2) is 24.3 Å². The third kappa shape index (κ3) is 6.11. The molecule has 1 aromatic carbocycles. The topological polar surface area (TPSA) is 79.5 Å². The lowest BCUT2D eigenvalue weighted by molar-refractivity contribution is -0.119. The molecule has 1 fully saturated rings. The van der Waals surface area contributed by atoms with E-state index in [0.29, 0.717) is 31.0 Å². The number of nitrogens with one attached hydrogen (secondary N) is 3. The summed E-state index contributed by atoms with van der Waals surface area (Å²) in [5.41, 5.74) is 1.29. The Morgan fingerprint density at radius 1 is 1.21 bits per heavy atom. The number of anilines is 1. The molecule has 1 unspecified atom stereocenters. The highest BCUT2D eigenvalue weighted by molar-refractivity contribution is 5.96. The first kappa shape index (κ1) is 20.4. The Morgan fingerprint density at radius 3 is 2.42 bits per heavy atom. The minimum Gasteiger partial charge on any atom is -0.381 e. The number of carbonyl (C=O) groups is 2. The summed E-state index contributed by atoms with van der Waals surface area (Å²) < 4.78 is 5.28. The lowest BCUT2D eigenvalue weighted by Crippen LogP contribution is -2.38. The summed E-state index contributed by atoms with van der Waals surface area (Å²) in [7, 11) is 1.82. The maximum Gasteiger partial charge on any atom is 0.251 e. The fraction of sp³-hybridized carbons (Fsp3) is 0.529. The quantitative estimate of drug-likeness (QED) is 0.727. The van der Waals surface area contributed by atoms with Crippen LogP contribution in [-0.2, 0) is 9.53 Å². The third-order valence-corrected chi connectivity index (χ3v) is 3.93. The van der Waals surface area contributed by atoms with E-state index in [1.54, 1.807) is 24.3 Å². The molecule has 0 saturated carbocycles. The number of hydrogen-bond acceptors (Lipinski definition) is 4. The molecule has 0 spiro atoms. The zero-order chi connectivity index (χ0) is 16.7. The zero-order valence-electron chi connectivity index (χ0n) is 14.1. The summed E-state index contributed by atoms with van der Waals surface area (Å²) >= 11 is 0. The predicted octanol–water partition coefficient (Wildman–Crippen LogP) is 1.81. The lowest BCUT2D eigenvalue weighted by Gasteiger charge is -2.23. The Labute approximate surface area is 149 Å². The van der Waals surface area contributed by atoms with Crippen LogP contribution in [0.1, 0.15) is 30.1 Å². The second kappa shape index (κ2) is 10.3. The normalized spacial score (nSPS) is 15.9. The van der Waals surface area contributed by atoms with E-state index >= 15 is 0 Å². The molecule has 0 aliphatic carbocycles. The van der Waals surface area contributed by atoms with Gasteiger partial charge in [-0.05, 0) is 44.2 Å². The summed E-state index contributed by atoms with van der Waals surface area (Å²) in [4.78, 5) is 24.1. The number of halogens is 1. The van der Waals surface area contributed by atoms with Gasteiger partial charge in [0.15, 0.2) is 0 Å². The maximum atomic E-state index is 12.2. The number of hydrogen-bond donors (Lipinski definition) is 3. The molecule has 6 nitrogen and oxygen atoms in total. The van der Waals surface area contributed by atoms with E-state index in [1.165, 1.54) is 0 Å². The van der Waals surface area contributed by atoms with Crippen molar-refractivity contribution in [3.8, 4) is 0 Å². The van der Waals surface area contributed by atoms with Gasteiger partial charge in [-0.1, -0.05) is 6.92 Å². The average Bonchev–Trinajstić information content (AvgIpc) is 2.56. The molecule has 0 radical (unpaired) electrons. The molecule has 1 heterocycles. The van der Waals surface area contributed by atoms with Crippen molar-refractivity contribution >= 4 is 29.9 Å². The van der Waals surface area contributed by atoms with Crippen LogP contribution < -0.4 is 16.0 Å². The summed E-state index contributed by atoms with van der Waals surface area (Å²) in [6, 6.07) is 7.14. The molecule has 0 aromatic heterocycles. The van der Waals surface area contributed by atoms with Gasteiger partial charge in [0.05, 0.1) is 0 Å². The van der Waals surface area contributed by atoms with Gasteiger partial charge < -0.3 is 20.7 Å². The van der Waals surface area contributed by atoms with Crippen LogP contribution in [0.2, 0.25) is 0 Å². The van der Waals surface area contributed by atoms with Gasteiger partial charge >= 0.3 is 0 Å². The fourth-order valence-corrected chi connectivity index (χ4v) is 2.48. The largest absolute Gasteiger partial charge is 0.381 e. The molecular formula is C17H26ClN3O3. The van der Waals surface area contributed by atoms with Gasteiger partial charge in [0.1, 0.15) is 0 Å². The number of amides is 2. The Kier molecular flexibility index (Phi) is 8.74. The van der Waals surface area contributed by atoms with Crippen LogP contribution in [0.3, 0.4) is 0 Å². The van der Waals surface area contributed by atoms with Crippen molar-refractivity contribution in [3.63, 3.8) is 0 Å². The monoisotopic (exact) mass is 355 g/mol. The summed E-state index contributed by atoms with van der Waals surface area (Å²) in [6.45, 7) is 3.88. The van der Waals surface area contributed by atoms with Crippen molar-refractivity contribution in [1.82, 2.24) is 10.6 Å². The van der Waals surface area contributed by atoms with Gasteiger partial charge in [-0.2, -0.15) is 0 Å². The standard InChI is InChI=1S/C17H25N3O3.ClH/c1-12(11-18-2)16(21)19-14-5-3-13(4-6-14)17(22)20-15-7-9-23-10-8-15;/h3-6,12,15,18H,7-11H2,1-2H3,(H,19,21)(H,20,22);1H. The molecule has 1 aliphatic rings. The van der Waals surface area contributed by atoms with E-state index in [9.17, 15) is 9.59 Å². The smallest absolute Gasteiger partial charge is 0.251 e. The predicted molar refractivity (Wildman–Crippen MR) is 96.7 cm³/mol. The Bertz CT molecular complexity index is 530. The minimum atomic E-state index is -0.114. The Balaban J connectivity index is 0.00000288. The second-order valence-corrected chi connectivity index (χ2v) is 5.89. The number of benzene rings is 1. The fourth-order valence-electron chi connectivity index (χ4n) is 2.48. The average molecular weight is 356 g/mol. The van der Waals surface area contributed by atoms with Crippen molar-refractivity contribution in [1.29, 1.82) is 0 Å². The molecule has 1 aromatic rings. The Morgan fingerprint density at radius 2 is 1.83 bits per heavy atom. The highest BCUT2D eigenvalue weighted by Gasteiger charge is 2.17. The van der Waals surface area contributed by atoms with Crippen molar-refractivity contribution in [2.45, 2.75) is 25.8 Å². The first-order chi connectivity index (χ1) is 11.1.